The number of ether oxygens (including phenoxy) is 1. The van der Waals surface area contributed by atoms with Crippen molar-refractivity contribution in [1.82, 2.24) is 4.57 Å². The highest BCUT2D eigenvalue weighted by atomic mass is 16.5. The third-order valence-electron chi connectivity index (χ3n) is 5.22. The quantitative estimate of drug-likeness (QED) is 0.390. The first kappa shape index (κ1) is 21.4. The summed E-state index contributed by atoms with van der Waals surface area (Å²) in [6.07, 6.45) is 3.86. The Labute approximate surface area is 177 Å². The highest BCUT2D eigenvalue weighted by Crippen LogP contribution is 2.38. The molecule has 2 aromatic rings. The number of aromatic nitrogens is 1. The van der Waals surface area contributed by atoms with E-state index in [4.69, 9.17) is 4.74 Å². The number of para-hydroxylation sites is 1. The first-order chi connectivity index (χ1) is 14.3. The van der Waals surface area contributed by atoms with Crippen LogP contribution in [0.2, 0.25) is 0 Å². The SMILES string of the molecule is Cc1cc(/C=C(\C#N)C(=O)OCC(=O)N(c2ccccc2)C(C)C)c(C)n1C1CC1. The number of hydrogen-bond donors (Lipinski definition) is 0. The summed E-state index contributed by atoms with van der Waals surface area (Å²) < 4.78 is 7.44. The van der Waals surface area contributed by atoms with E-state index in [0.29, 0.717) is 6.04 Å². The number of carbonyl (C=O) groups is 2. The van der Waals surface area contributed by atoms with Gasteiger partial charge < -0.3 is 14.2 Å². The van der Waals surface area contributed by atoms with Crippen LogP contribution in [0.25, 0.3) is 6.08 Å². The molecule has 0 atom stereocenters. The van der Waals surface area contributed by atoms with E-state index in [1.54, 1.807) is 11.0 Å². The first-order valence-electron chi connectivity index (χ1n) is 10.2. The fourth-order valence-corrected chi connectivity index (χ4v) is 3.73. The smallest absolute Gasteiger partial charge is 0.349 e. The van der Waals surface area contributed by atoms with Crippen molar-refractivity contribution in [2.45, 2.75) is 52.6 Å². The van der Waals surface area contributed by atoms with Gasteiger partial charge in [-0.1, -0.05) is 18.2 Å². The zero-order chi connectivity index (χ0) is 21.8. The largest absolute Gasteiger partial charge is 0.451 e. The van der Waals surface area contributed by atoms with E-state index >= 15 is 0 Å². The number of hydrogen-bond acceptors (Lipinski definition) is 4. The molecule has 1 aliphatic rings. The van der Waals surface area contributed by atoms with Crippen LogP contribution in [0.3, 0.4) is 0 Å². The number of amides is 1. The molecule has 1 heterocycles. The molecule has 1 aromatic heterocycles. The second-order valence-electron chi connectivity index (χ2n) is 7.87. The fourth-order valence-electron chi connectivity index (χ4n) is 3.73. The monoisotopic (exact) mass is 405 g/mol. The molecule has 156 valence electrons. The standard InChI is InChI=1S/C24H27N3O3/c1-16(2)26(21-8-6-5-7-9-21)23(28)15-30-24(29)20(14-25)13-19-12-17(3)27(18(19)4)22-10-11-22/h5-9,12-13,16,22H,10-11,15H2,1-4H3/b20-13+. The van der Waals surface area contributed by atoms with Crippen LogP contribution in [-0.2, 0) is 14.3 Å². The third-order valence-corrected chi connectivity index (χ3v) is 5.22. The van der Waals surface area contributed by atoms with Crippen LogP contribution in [0.1, 0.15) is 49.7 Å². The third kappa shape index (κ3) is 4.62. The number of nitriles is 1. The minimum Gasteiger partial charge on any atom is -0.451 e. The number of carbonyl (C=O) groups excluding carboxylic acids is 2. The molecule has 1 fully saturated rings. The lowest BCUT2D eigenvalue weighted by atomic mass is 10.1. The zero-order valence-electron chi connectivity index (χ0n) is 17.9. The number of anilines is 1. The van der Waals surface area contributed by atoms with E-state index in [1.165, 1.54) is 0 Å². The van der Waals surface area contributed by atoms with Gasteiger partial charge in [0.05, 0.1) is 0 Å². The fraction of sp³-hybridized carbons (Fsp3) is 0.375. The first-order valence-corrected chi connectivity index (χ1v) is 10.2. The molecule has 1 aromatic carbocycles. The highest BCUT2D eigenvalue weighted by molar-refractivity contribution is 6.01. The molecule has 0 radical (unpaired) electrons. The Morgan fingerprint density at radius 2 is 1.93 bits per heavy atom. The lowest BCUT2D eigenvalue weighted by Gasteiger charge is -2.26. The van der Waals surface area contributed by atoms with Gasteiger partial charge in [-0.05, 0) is 70.4 Å². The van der Waals surface area contributed by atoms with Gasteiger partial charge in [-0.15, -0.1) is 0 Å². The van der Waals surface area contributed by atoms with Crippen molar-refractivity contribution >= 4 is 23.6 Å². The lowest BCUT2D eigenvalue weighted by Crippen LogP contribution is -2.40. The van der Waals surface area contributed by atoms with Gasteiger partial charge in [0.15, 0.2) is 6.61 Å². The van der Waals surface area contributed by atoms with E-state index in [-0.39, 0.29) is 17.5 Å². The van der Waals surface area contributed by atoms with Crippen LogP contribution in [0.5, 0.6) is 0 Å². The van der Waals surface area contributed by atoms with E-state index < -0.39 is 12.6 Å². The normalized spacial score (nSPS) is 13.8. The Bertz CT molecular complexity index is 1010. The van der Waals surface area contributed by atoms with Gasteiger partial charge in [-0.3, -0.25) is 4.79 Å². The van der Waals surface area contributed by atoms with Gasteiger partial charge in [-0.2, -0.15) is 5.26 Å². The van der Waals surface area contributed by atoms with Crippen molar-refractivity contribution in [2.24, 2.45) is 0 Å². The Balaban J connectivity index is 1.71. The molecule has 0 spiro atoms. The van der Waals surface area contributed by atoms with E-state index in [2.05, 4.69) is 4.57 Å². The minimum absolute atomic E-state index is 0.0996. The molecule has 0 bridgehead atoms. The second-order valence-corrected chi connectivity index (χ2v) is 7.87. The molecule has 6 nitrogen and oxygen atoms in total. The van der Waals surface area contributed by atoms with Crippen LogP contribution in [0.15, 0.2) is 42.0 Å². The predicted molar refractivity (Wildman–Crippen MR) is 116 cm³/mol. The molecule has 1 saturated carbocycles. The van der Waals surface area contributed by atoms with Crippen molar-refractivity contribution in [1.29, 1.82) is 5.26 Å². The summed E-state index contributed by atoms with van der Waals surface area (Å²) >= 11 is 0. The molecule has 30 heavy (non-hydrogen) atoms. The molecular formula is C24H27N3O3. The average molecular weight is 405 g/mol. The lowest BCUT2D eigenvalue weighted by molar-refractivity contribution is -0.143. The summed E-state index contributed by atoms with van der Waals surface area (Å²) in [6.45, 7) is 7.37. The Hall–Kier alpha value is -3.33. The second kappa shape index (κ2) is 9.00. The summed E-state index contributed by atoms with van der Waals surface area (Å²) in [4.78, 5) is 26.7. The van der Waals surface area contributed by atoms with Crippen molar-refractivity contribution in [3.8, 4) is 6.07 Å². The van der Waals surface area contributed by atoms with Gasteiger partial charge in [0.2, 0.25) is 0 Å². The molecule has 1 amide bonds. The minimum atomic E-state index is -0.793. The van der Waals surface area contributed by atoms with Gasteiger partial charge in [0.1, 0.15) is 11.6 Å². The van der Waals surface area contributed by atoms with Gasteiger partial charge in [0, 0.05) is 29.2 Å². The zero-order valence-corrected chi connectivity index (χ0v) is 17.9. The van der Waals surface area contributed by atoms with Crippen LogP contribution in [0.4, 0.5) is 5.69 Å². The Morgan fingerprint density at radius 3 is 2.50 bits per heavy atom. The van der Waals surface area contributed by atoms with E-state index in [0.717, 1.165) is 35.5 Å². The van der Waals surface area contributed by atoms with Crippen LogP contribution in [0, 0.1) is 25.2 Å². The maximum absolute atomic E-state index is 12.7. The van der Waals surface area contributed by atoms with Gasteiger partial charge >= 0.3 is 5.97 Å². The molecule has 3 rings (SSSR count). The van der Waals surface area contributed by atoms with Crippen molar-refractivity contribution in [2.75, 3.05) is 11.5 Å². The molecule has 1 aliphatic carbocycles. The van der Waals surface area contributed by atoms with E-state index in [9.17, 15) is 14.9 Å². The maximum Gasteiger partial charge on any atom is 0.349 e. The molecule has 0 N–H and O–H groups in total. The summed E-state index contributed by atoms with van der Waals surface area (Å²) in [5, 5.41) is 9.47. The van der Waals surface area contributed by atoms with Crippen LogP contribution < -0.4 is 4.90 Å². The Kier molecular flexibility index (Phi) is 6.41. The van der Waals surface area contributed by atoms with Crippen LogP contribution >= 0.6 is 0 Å². The topological polar surface area (TPSA) is 75.3 Å². The van der Waals surface area contributed by atoms with Crippen LogP contribution in [-0.4, -0.2) is 29.1 Å². The van der Waals surface area contributed by atoms with Gasteiger partial charge in [0.25, 0.3) is 5.91 Å². The van der Waals surface area contributed by atoms with Gasteiger partial charge in [-0.25, -0.2) is 4.79 Å². The summed E-state index contributed by atoms with van der Waals surface area (Å²) in [6, 6.07) is 13.5. The molecule has 0 saturated heterocycles. The number of nitrogens with zero attached hydrogens (tertiary/aromatic N) is 3. The number of benzene rings is 1. The molecular weight excluding hydrogens is 378 g/mol. The summed E-state index contributed by atoms with van der Waals surface area (Å²) in [5.74, 6) is -1.13. The van der Waals surface area contributed by atoms with Crippen molar-refractivity contribution in [3.63, 3.8) is 0 Å². The number of rotatable bonds is 7. The maximum atomic E-state index is 12.7. The van der Waals surface area contributed by atoms with E-state index in [1.807, 2.05) is 70.2 Å². The molecule has 0 aliphatic heterocycles. The summed E-state index contributed by atoms with van der Waals surface area (Å²) in [5.41, 5.74) is 3.58. The highest BCUT2D eigenvalue weighted by Gasteiger charge is 2.27. The number of aryl methyl sites for hydroxylation is 1. The number of esters is 1. The van der Waals surface area contributed by atoms with Crippen molar-refractivity contribution in [3.05, 3.63) is 58.9 Å². The summed E-state index contributed by atoms with van der Waals surface area (Å²) in [7, 11) is 0. The average Bonchev–Trinajstić information content (AvgIpc) is 3.50. The predicted octanol–water partition coefficient (Wildman–Crippen LogP) is 4.33. The molecule has 6 heteroatoms. The molecule has 0 unspecified atom stereocenters. The Morgan fingerprint density at radius 1 is 1.27 bits per heavy atom. The van der Waals surface area contributed by atoms with Crippen molar-refractivity contribution < 1.29 is 14.3 Å².